The van der Waals surface area contributed by atoms with Crippen LogP contribution in [0.1, 0.15) is 13.8 Å². The van der Waals surface area contributed by atoms with E-state index in [0.717, 1.165) is 26.2 Å². The zero-order valence-electron chi connectivity index (χ0n) is 10.2. The summed E-state index contributed by atoms with van der Waals surface area (Å²) in [5.41, 5.74) is -0.419. The van der Waals surface area contributed by atoms with Gasteiger partial charge in [0.05, 0.1) is 19.7 Å². The molecular formula is C11H19N3O2. The zero-order valence-corrected chi connectivity index (χ0v) is 10.2. The van der Waals surface area contributed by atoms with Crippen molar-refractivity contribution in [2.75, 3.05) is 39.8 Å². The summed E-state index contributed by atoms with van der Waals surface area (Å²) in [5.74, 6) is -0.201. The molecule has 0 aromatic rings. The van der Waals surface area contributed by atoms with Crippen LogP contribution in [-0.4, -0.2) is 61.1 Å². The summed E-state index contributed by atoms with van der Waals surface area (Å²) >= 11 is 0. The van der Waals surface area contributed by atoms with Crippen LogP contribution in [-0.2, 0) is 9.53 Å². The molecule has 0 spiro atoms. The molecule has 0 N–H and O–H groups in total. The van der Waals surface area contributed by atoms with Crippen LogP contribution in [0.2, 0.25) is 0 Å². The van der Waals surface area contributed by atoms with Crippen LogP contribution in [0, 0.1) is 11.3 Å². The molecule has 0 unspecified atom stereocenters. The summed E-state index contributed by atoms with van der Waals surface area (Å²) in [5, 5.41) is 9.02. The van der Waals surface area contributed by atoms with Gasteiger partial charge in [-0.05, 0) is 13.8 Å². The van der Waals surface area contributed by atoms with Gasteiger partial charge in [0, 0.05) is 26.2 Å². The van der Waals surface area contributed by atoms with Crippen LogP contribution in [0.3, 0.4) is 0 Å². The Morgan fingerprint density at radius 1 is 1.38 bits per heavy atom. The van der Waals surface area contributed by atoms with Crippen LogP contribution in [0.5, 0.6) is 0 Å². The molecule has 5 nitrogen and oxygen atoms in total. The second kappa shape index (κ2) is 5.28. The number of nitrogens with zero attached hydrogens (tertiary/aromatic N) is 3. The quantitative estimate of drug-likeness (QED) is 0.637. The zero-order chi connectivity index (χ0) is 12.2. The molecule has 0 bridgehead atoms. The Bertz CT molecular complexity index is 288. The molecule has 90 valence electrons. The van der Waals surface area contributed by atoms with Crippen molar-refractivity contribution in [2.24, 2.45) is 0 Å². The lowest BCUT2D eigenvalue weighted by Crippen LogP contribution is -2.54. The number of hydrogen-bond acceptors (Lipinski definition) is 5. The Morgan fingerprint density at radius 3 is 2.38 bits per heavy atom. The number of nitriles is 1. The van der Waals surface area contributed by atoms with Gasteiger partial charge in [0.25, 0.3) is 0 Å². The fourth-order valence-corrected chi connectivity index (χ4v) is 1.78. The van der Waals surface area contributed by atoms with E-state index in [9.17, 15) is 4.79 Å². The van der Waals surface area contributed by atoms with Crippen molar-refractivity contribution >= 4 is 5.97 Å². The van der Waals surface area contributed by atoms with Crippen molar-refractivity contribution in [3.05, 3.63) is 0 Å². The summed E-state index contributed by atoms with van der Waals surface area (Å²) in [6, 6.07) is 2.29. The van der Waals surface area contributed by atoms with E-state index in [4.69, 9.17) is 5.26 Å². The number of carbonyl (C=O) groups excluding carboxylic acids is 1. The Morgan fingerprint density at radius 2 is 1.94 bits per heavy atom. The van der Waals surface area contributed by atoms with E-state index in [1.807, 2.05) is 13.8 Å². The van der Waals surface area contributed by atoms with E-state index < -0.39 is 5.54 Å². The highest BCUT2D eigenvalue weighted by molar-refractivity contribution is 5.71. The molecule has 0 saturated carbocycles. The first-order valence-electron chi connectivity index (χ1n) is 5.45. The maximum atomic E-state index is 11.1. The van der Waals surface area contributed by atoms with E-state index in [1.165, 1.54) is 7.11 Å². The van der Waals surface area contributed by atoms with Crippen LogP contribution < -0.4 is 0 Å². The molecule has 0 aromatic heterocycles. The van der Waals surface area contributed by atoms with Crippen LogP contribution >= 0.6 is 0 Å². The van der Waals surface area contributed by atoms with Crippen molar-refractivity contribution in [3.63, 3.8) is 0 Å². The maximum Gasteiger partial charge on any atom is 0.319 e. The third-order valence-electron chi connectivity index (χ3n) is 3.02. The third-order valence-corrected chi connectivity index (χ3v) is 3.02. The lowest BCUT2D eigenvalue weighted by atomic mass is 10.0. The first-order chi connectivity index (χ1) is 7.49. The Kier molecular flexibility index (Phi) is 4.27. The first-order valence-corrected chi connectivity index (χ1v) is 5.45. The third kappa shape index (κ3) is 3.19. The van der Waals surface area contributed by atoms with Gasteiger partial charge in [-0.1, -0.05) is 0 Å². The van der Waals surface area contributed by atoms with Gasteiger partial charge in [0.1, 0.15) is 5.54 Å². The average molecular weight is 225 g/mol. The lowest BCUT2D eigenvalue weighted by molar-refractivity contribution is -0.142. The molecule has 0 aromatic carbocycles. The minimum absolute atomic E-state index is 0.201. The number of ether oxygens (including phenoxy) is 1. The normalized spacial score (nSPS) is 19.1. The summed E-state index contributed by atoms with van der Waals surface area (Å²) < 4.78 is 4.62. The van der Waals surface area contributed by atoms with Crippen molar-refractivity contribution in [2.45, 2.75) is 19.4 Å². The molecular weight excluding hydrogens is 206 g/mol. The number of methoxy groups -OCH3 is 1. The molecule has 1 saturated heterocycles. The molecule has 1 rings (SSSR count). The van der Waals surface area contributed by atoms with Gasteiger partial charge in [-0.15, -0.1) is 0 Å². The van der Waals surface area contributed by atoms with Crippen molar-refractivity contribution in [1.82, 2.24) is 9.80 Å². The van der Waals surface area contributed by atoms with E-state index in [0.29, 0.717) is 6.54 Å². The van der Waals surface area contributed by atoms with Gasteiger partial charge < -0.3 is 4.74 Å². The van der Waals surface area contributed by atoms with Gasteiger partial charge in [-0.3, -0.25) is 14.6 Å². The van der Waals surface area contributed by atoms with Crippen molar-refractivity contribution < 1.29 is 9.53 Å². The Hall–Kier alpha value is -1.12. The molecule has 16 heavy (non-hydrogen) atoms. The van der Waals surface area contributed by atoms with Gasteiger partial charge in [-0.25, -0.2) is 0 Å². The standard InChI is InChI=1S/C11H19N3O2/c1-11(2,9-12)14-6-4-13(5-7-14)8-10(15)16-3/h4-8H2,1-3H3. The largest absolute Gasteiger partial charge is 0.468 e. The van der Waals surface area contributed by atoms with E-state index in [1.54, 1.807) is 0 Å². The lowest BCUT2D eigenvalue weighted by Gasteiger charge is -2.40. The van der Waals surface area contributed by atoms with Crippen molar-refractivity contribution in [3.8, 4) is 6.07 Å². The fraction of sp³-hybridized carbons (Fsp3) is 0.818. The molecule has 0 aliphatic carbocycles. The fourth-order valence-electron chi connectivity index (χ4n) is 1.78. The van der Waals surface area contributed by atoms with E-state index in [2.05, 4.69) is 20.6 Å². The number of rotatable bonds is 3. The highest BCUT2D eigenvalue weighted by Gasteiger charge is 2.30. The Balaban J connectivity index is 2.40. The van der Waals surface area contributed by atoms with Crippen molar-refractivity contribution in [1.29, 1.82) is 5.26 Å². The summed E-state index contributed by atoms with van der Waals surface area (Å²) in [4.78, 5) is 15.3. The van der Waals surface area contributed by atoms with Gasteiger partial charge in [0.2, 0.25) is 0 Å². The van der Waals surface area contributed by atoms with Crippen LogP contribution in [0.15, 0.2) is 0 Å². The van der Waals surface area contributed by atoms with Crippen LogP contribution in [0.4, 0.5) is 0 Å². The molecule has 1 aliphatic heterocycles. The van der Waals surface area contributed by atoms with Gasteiger partial charge >= 0.3 is 5.97 Å². The molecule has 0 amide bonds. The summed E-state index contributed by atoms with van der Waals surface area (Å²) in [6.07, 6.45) is 0. The monoisotopic (exact) mass is 225 g/mol. The number of hydrogen-bond donors (Lipinski definition) is 0. The topological polar surface area (TPSA) is 56.6 Å². The van der Waals surface area contributed by atoms with Crippen LogP contribution in [0.25, 0.3) is 0 Å². The number of esters is 1. The Labute approximate surface area is 96.6 Å². The number of piperazine rings is 1. The highest BCUT2D eigenvalue weighted by Crippen LogP contribution is 2.15. The van der Waals surface area contributed by atoms with Gasteiger partial charge in [0.15, 0.2) is 0 Å². The SMILES string of the molecule is COC(=O)CN1CCN(C(C)(C)C#N)CC1. The second-order valence-electron chi connectivity index (χ2n) is 4.51. The molecule has 1 fully saturated rings. The van der Waals surface area contributed by atoms with E-state index >= 15 is 0 Å². The minimum atomic E-state index is -0.419. The first kappa shape index (κ1) is 12.9. The second-order valence-corrected chi connectivity index (χ2v) is 4.51. The molecule has 5 heteroatoms. The predicted octanol–water partition coefficient (Wildman–Crippen LogP) is 0.0792. The molecule has 1 aliphatic rings. The summed E-state index contributed by atoms with van der Waals surface area (Å²) in [7, 11) is 1.40. The predicted molar refractivity (Wildman–Crippen MR) is 59.7 cm³/mol. The summed E-state index contributed by atoms with van der Waals surface area (Å²) in [6.45, 7) is 7.43. The smallest absolute Gasteiger partial charge is 0.319 e. The maximum absolute atomic E-state index is 11.1. The molecule has 1 heterocycles. The van der Waals surface area contributed by atoms with E-state index in [-0.39, 0.29) is 5.97 Å². The molecule has 0 radical (unpaired) electrons. The van der Waals surface area contributed by atoms with Gasteiger partial charge in [-0.2, -0.15) is 5.26 Å². The molecule has 0 atom stereocenters. The highest BCUT2D eigenvalue weighted by atomic mass is 16.5. The number of carbonyl (C=O) groups is 1. The minimum Gasteiger partial charge on any atom is -0.468 e. The average Bonchev–Trinajstić information content (AvgIpc) is 2.29.